The van der Waals surface area contributed by atoms with Crippen molar-refractivity contribution in [2.24, 2.45) is 5.10 Å². The first-order valence-corrected chi connectivity index (χ1v) is 12.1. The van der Waals surface area contributed by atoms with E-state index >= 15 is 0 Å². The molecule has 37 heavy (non-hydrogen) atoms. The first kappa shape index (κ1) is 27.8. The number of nitrogens with one attached hydrogen (secondary N) is 2. The summed E-state index contributed by atoms with van der Waals surface area (Å²) < 4.78 is 16.2. The lowest BCUT2D eigenvalue weighted by Crippen LogP contribution is -2.50. The molecule has 2 amide bonds. The van der Waals surface area contributed by atoms with Crippen molar-refractivity contribution in [2.75, 3.05) is 14.2 Å². The summed E-state index contributed by atoms with van der Waals surface area (Å²) in [6.07, 6.45) is 0.761. The van der Waals surface area contributed by atoms with Gasteiger partial charge in [-0.05, 0) is 42.8 Å². The Balaban J connectivity index is 1.71. The number of hydrogen-bond acceptors (Lipinski definition) is 6. The van der Waals surface area contributed by atoms with Crippen LogP contribution in [0.4, 0.5) is 0 Å². The smallest absolute Gasteiger partial charge is 0.262 e. The van der Waals surface area contributed by atoms with Crippen LogP contribution < -0.4 is 25.0 Å². The van der Waals surface area contributed by atoms with Gasteiger partial charge in [-0.3, -0.25) is 9.59 Å². The Hall–Kier alpha value is -3.75. The molecule has 0 radical (unpaired) electrons. The molecule has 0 aliphatic rings. The third-order valence-electron chi connectivity index (χ3n) is 5.30. The lowest BCUT2D eigenvalue weighted by molar-refractivity contribution is -0.132. The van der Waals surface area contributed by atoms with Crippen molar-refractivity contribution in [1.29, 1.82) is 0 Å². The van der Waals surface area contributed by atoms with Crippen molar-refractivity contribution >= 4 is 41.2 Å². The number of ether oxygens (including phenoxy) is 3. The molecule has 3 aromatic carbocycles. The van der Waals surface area contributed by atoms with Gasteiger partial charge in [0.25, 0.3) is 11.8 Å². The fourth-order valence-corrected chi connectivity index (χ4v) is 3.78. The highest BCUT2D eigenvalue weighted by atomic mass is 35.5. The minimum absolute atomic E-state index is 0.244. The zero-order chi connectivity index (χ0) is 26.8. The first-order valence-electron chi connectivity index (χ1n) is 11.3. The summed E-state index contributed by atoms with van der Waals surface area (Å²) in [5.74, 6) is 0.453. The maximum Gasteiger partial charge on any atom is 0.262 e. The quantitative estimate of drug-likeness (QED) is 0.271. The van der Waals surface area contributed by atoms with E-state index in [0.29, 0.717) is 27.8 Å². The Bertz CT molecular complexity index is 1250. The molecule has 0 saturated carbocycles. The van der Waals surface area contributed by atoms with Crippen molar-refractivity contribution in [3.63, 3.8) is 0 Å². The number of amides is 2. The predicted octanol–water partition coefficient (Wildman–Crippen LogP) is 4.66. The molecular formula is C27H27Cl2N3O5. The summed E-state index contributed by atoms with van der Waals surface area (Å²) in [6.45, 7) is 1.56. The maximum atomic E-state index is 13.0. The minimum atomic E-state index is -0.934. The molecule has 2 N–H and O–H groups in total. The summed E-state index contributed by atoms with van der Waals surface area (Å²) in [6, 6.07) is 18.3. The number of benzene rings is 3. The van der Waals surface area contributed by atoms with Gasteiger partial charge in [0.15, 0.2) is 6.10 Å². The van der Waals surface area contributed by atoms with Crippen LogP contribution in [0.2, 0.25) is 10.0 Å². The van der Waals surface area contributed by atoms with E-state index in [-0.39, 0.29) is 11.4 Å². The van der Waals surface area contributed by atoms with Gasteiger partial charge in [-0.1, -0.05) is 53.5 Å². The third-order valence-corrected chi connectivity index (χ3v) is 5.83. The lowest BCUT2D eigenvalue weighted by Gasteiger charge is -2.21. The third kappa shape index (κ3) is 8.13. The predicted molar refractivity (Wildman–Crippen MR) is 144 cm³/mol. The van der Waals surface area contributed by atoms with E-state index in [1.54, 1.807) is 44.4 Å². The van der Waals surface area contributed by atoms with Crippen LogP contribution in [-0.2, 0) is 16.0 Å². The Morgan fingerprint density at radius 1 is 0.946 bits per heavy atom. The molecule has 0 aliphatic heterocycles. The minimum Gasteiger partial charge on any atom is -0.497 e. The van der Waals surface area contributed by atoms with Crippen LogP contribution in [0.1, 0.15) is 18.1 Å². The Morgan fingerprint density at radius 2 is 1.70 bits per heavy atom. The van der Waals surface area contributed by atoms with Gasteiger partial charge in [0.1, 0.15) is 23.3 Å². The normalized spacial score (nSPS) is 12.5. The highest BCUT2D eigenvalue weighted by molar-refractivity contribution is 6.35. The maximum absolute atomic E-state index is 13.0. The van der Waals surface area contributed by atoms with E-state index in [9.17, 15) is 9.59 Å². The number of hydrogen-bond donors (Lipinski definition) is 2. The molecule has 0 saturated heterocycles. The topological polar surface area (TPSA) is 98.2 Å². The fraction of sp³-hybridized carbons (Fsp3) is 0.222. The van der Waals surface area contributed by atoms with Crippen LogP contribution >= 0.6 is 23.2 Å². The van der Waals surface area contributed by atoms with E-state index in [0.717, 1.165) is 5.56 Å². The molecule has 10 heteroatoms. The zero-order valence-electron chi connectivity index (χ0n) is 20.5. The summed E-state index contributed by atoms with van der Waals surface area (Å²) >= 11 is 12.1. The highest BCUT2D eigenvalue weighted by Gasteiger charge is 2.25. The Morgan fingerprint density at radius 3 is 2.38 bits per heavy atom. The molecule has 0 bridgehead atoms. The molecule has 0 fully saturated rings. The standard InChI is InChI=1S/C27H27Cl2N3O5/c1-17(37-24-12-10-20(28)14-22(24)29)26(33)31-23(13-18-7-5-4-6-8-18)27(34)32-30-16-19-9-11-21(35-2)15-25(19)36-3/h4-12,14-17,23H,13H2,1-3H3,(H,31,33)(H,32,34)/b30-16-/t17-,23+/m0/s1. The van der Waals surface area contributed by atoms with Crippen LogP contribution in [0.25, 0.3) is 0 Å². The molecule has 0 spiro atoms. The van der Waals surface area contributed by atoms with Gasteiger partial charge >= 0.3 is 0 Å². The van der Waals surface area contributed by atoms with Gasteiger partial charge in [-0.15, -0.1) is 0 Å². The van der Waals surface area contributed by atoms with Gasteiger partial charge in [-0.2, -0.15) is 5.10 Å². The van der Waals surface area contributed by atoms with Crippen LogP contribution in [0.5, 0.6) is 17.2 Å². The van der Waals surface area contributed by atoms with Crippen molar-refractivity contribution in [3.8, 4) is 17.2 Å². The molecule has 2 atom stereocenters. The van der Waals surface area contributed by atoms with E-state index in [1.807, 2.05) is 30.3 Å². The first-order chi connectivity index (χ1) is 17.8. The second-order valence-electron chi connectivity index (χ2n) is 7.93. The molecule has 0 aliphatic carbocycles. The van der Waals surface area contributed by atoms with Gasteiger partial charge in [0.05, 0.1) is 25.5 Å². The molecule has 8 nitrogen and oxygen atoms in total. The van der Waals surface area contributed by atoms with Gasteiger partial charge in [0.2, 0.25) is 0 Å². The van der Waals surface area contributed by atoms with Crippen molar-refractivity contribution in [2.45, 2.75) is 25.5 Å². The average molecular weight is 544 g/mol. The van der Waals surface area contributed by atoms with Gasteiger partial charge in [0, 0.05) is 23.1 Å². The number of carbonyl (C=O) groups is 2. The molecule has 3 aromatic rings. The largest absolute Gasteiger partial charge is 0.497 e. The number of rotatable bonds is 11. The van der Waals surface area contributed by atoms with E-state index in [2.05, 4.69) is 15.8 Å². The number of carbonyl (C=O) groups excluding carboxylic acids is 2. The number of nitrogens with zero attached hydrogens (tertiary/aromatic N) is 1. The van der Waals surface area contributed by atoms with Crippen molar-refractivity contribution in [3.05, 3.63) is 87.9 Å². The molecule has 3 rings (SSSR count). The van der Waals surface area contributed by atoms with E-state index in [4.69, 9.17) is 37.4 Å². The molecule has 0 unspecified atom stereocenters. The van der Waals surface area contributed by atoms with E-state index in [1.165, 1.54) is 19.4 Å². The summed E-state index contributed by atoms with van der Waals surface area (Å²) in [5, 5.41) is 7.51. The summed E-state index contributed by atoms with van der Waals surface area (Å²) in [5.41, 5.74) is 3.99. The van der Waals surface area contributed by atoms with Crippen LogP contribution in [-0.4, -0.2) is 44.4 Å². The summed E-state index contributed by atoms with van der Waals surface area (Å²) in [4.78, 5) is 26.0. The highest BCUT2D eigenvalue weighted by Crippen LogP contribution is 2.28. The van der Waals surface area contributed by atoms with Crippen LogP contribution in [0, 0.1) is 0 Å². The van der Waals surface area contributed by atoms with Crippen molar-refractivity contribution < 1.29 is 23.8 Å². The molecule has 0 aromatic heterocycles. The number of methoxy groups -OCH3 is 2. The van der Waals surface area contributed by atoms with Crippen LogP contribution in [0.3, 0.4) is 0 Å². The number of hydrazone groups is 1. The van der Waals surface area contributed by atoms with Crippen molar-refractivity contribution in [1.82, 2.24) is 10.7 Å². The zero-order valence-corrected chi connectivity index (χ0v) is 22.0. The van der Waals surface area contributed by atoms with Gasteiger partial charge < -0.3 is 19.5 Å². The monoisotopic (exact) mass is 543 g/mol. The SMILES string of the molecule is COc1ccc(/C=N\NC(=O)[C@@H](Cc2ccccc2)NC(=O)[C@H](C)Oc2ccc(Cl)cc2Cl)c(OC)c1. The molecule has 194 valence electrons. The van der Waals surface area contributed by atoms with Gasteiger partial charge in [-0.25, -0.2) is 5.43 Å². The number of halogens is 2. The fourth-order valence-electron chi connectivity index (χ4n) is 3.33. The van der Waals surface area contributed by atoms with Crippen LogP contribution in [0.15, 0.2) is 71.8 Å². The second kappa shape index (κ2) is 13.5. The summed E-state index contributed by atoms with van der Waals surface area (Å²) in [7, 11) is 3.08. The van der Waals surface area contributed by atoms with E-state index < -0.39 is 24.0 Å². The molecular weight excluding hydrogens is 517 g/mol. The second-order valence-corrected chi connectivity index (χ2v) is 8.77. The molecule has 0 heterocycles. The lowest BCUT2D eigenvalue weighted by atomic mass is 10.1. The Labute approximate surface area is 225 Å². The Kier molecular flexibility index (Phi) is 10.2. The average Bonchev–Trinajstić information content (AvgIpc) is 2.90.